The number of ether oxygens (including phenoxy) is 1. The Morgan fingerprint density at radius 2 is 2.06 bits per heavy atom. The summed E-state index contributed by atoms with van der Waals surface area (Å²) >= 11 is 1.62. The molecule has 0 saturated carbocycles. The number of nitrogens with two attached hydrogens (primary N) is 1. The molecule has 2 aromatic rings. The van der Waals surface area contributed by atoms with Crippen LogP contribution in [0.15, 0.2) is 29.6 Å². The van der Waals surface area contributed by atoms with Crippen LogP contribution in [0, 0.1) is 0 Å². The summed E-state index contributed by atoms with van der Waals surface area (Å²) in [7, 11) is 0. The molecule has 0 spiro atoms. The number of rotatable bonds is 4. The second-order valence-electron chi connectivity index (χ2n) is 3.39. The van der Waals surface area contributed by atoms with E-state index in [0.29, 0.717) is 6.61 Å². The molecule has 1 aromatic heterocycles. The highest BCUT2D eigenvalue weighted by molar-refractivity contribution is 7.09. The van der Waals surface area contributed by atoms with E-state index in [0.717, 1.165) is 28.6 Å². The summed E-state index contributed by atoms with van der Waals surface area (Å²) in [5, 5.41) is 3.05. The van der Waals surface area contributed by atoms with E-state index in [2.05, 4.69) is 4.98 Å². The van der Waals surface area contributed by atoms with Gasteiger partial charge in [-0.15, -0.1) is 11.3 Å². The molecule has 0 atom stereocenters. The molecule has 0 unspecified atom stereocenters. The van der Waals surface area contributed by atoms with Gasteiger partial charge in [0.05, 0.1) is 12.3 Å². The van der Waals surface area contributed by atoms with Gasteiger partial charge in [0.15, 0.2) is 0 Å². The number of nitrogen functional groups attached to an aromatic ring is 1. The number of nitrogens with zero attached hydrogens (tertiary/aromatic N) is 1. The van der Waals surface area contributed by atoms with Gasteiger partial charge in [0.2, 0.25) is 0 Å². The highest BCUT2D eigenvalue weighted by atomic mass is 32.1. The second kappa shape index (κ2) is 5.09. The van der Waals surface area contributed by atoms with Gasteiger partial charge in [-0.2, -0.15) is 0 Å². The predicted molar refractivity (Wildman–Crippen MR) is 67.3 cm³/mol. The zero-order valence-corrected chi connectivity index (χ0v) is 9.96. The van der Waals surface area contributed by atoms with E-state index in [1.807, 2.05) is 36.6 Å². The van der Waals surface area contributed by atoms with E-state index in [9.17, 15) is 0 Å². The molecule has 1 heterocycles. The summed E-state index contributed by atoms with van der Waals surface area (Å²) in [5.41, 5.74) is 8.49. The Bertz CT molecular complexity index is 450. The van der Waals surface area contributed by atoms with Crippen LogP contribution in [0.25, 0.3) is 11.3 Å². The van der Waals surface area contributed by atoms with Crippen LogP contribution in [-0.2, 0) is 11.3 Å². The Morgan fingerprint density at radius 3 is 2.75 bits per heavy atom. The Labute approximate surface area is 98.9 Å². The van der Waals surface area contributed by atoms with Gasteiger partial charge in [0.1, 0.15) is 5.01 Å². The summed E-state index contributed by atoms with van der Waals surface area (Å²) in [6.45, 7) is 3.29. The first-order valence-corrected chi connectivity index (χ1v) is 6.05. The maximum absolute atomic E-state index is 5.64. The molecule has 0 radical (unpaired) electrons. The van der Waals surface area contributed by atoms with Gasteiger partial charge in [-0.1, -0.05) is 12.1 Å². The lowest BCUT2D eigenvalue weighted by atomic mass is 10.1. The second-order valence-corrected chi connectivity index (χ2v) is 4.33. The number of hydrogen-bond acceptors (Lipinski definition) is 4. The third kappa shape index (κ3) is 2.59. The number of benzene rings is 1. The fourth-order valence-corrected chi connectivity index (χ4v) is 2.09. The van der Waals surface area contributed by atoms with Crippen LogP contribution in [0.2, 0.25) is 0 Å². The minimum Gasteiger partial charge on any atom is -0.399 e. The lowest BCUT2D eigenvalue weighted by Gasteiger charge is -1.97. The van der Waals surface area contributed by atoms with Crippen molar-refractivity contribution < 1.29 is 4.74 Å². The third-order valence-corrected chi connectivity index (χ3v) is 3.01. The molecule has 3 nitrogen and oxygen atoms in total. The highest BCUT2D eigenvalue weighted by Crippen LogP contribution is 2.23. The minimum absolute atomic E-state index is 0.593. The van der Waals surface area contributed by atoms with Gasteiger partial charge in [-0.05, 0) is 19.1 Å². The molecule has 2 rings (SSSR count). The SMILES string of the molecule is CCOCc1nc(-c2ccc(N)cc2)cs1. The quantitative estimate of drug-likeness (QED) is 0.827. The maximum atomic E-state index is 5.64. The predicted octanol–water partition coefficient (Wildman–Crippen LogP) is 2.93. The topological polar surface area (TPSA) is 48.1 Å². The first-order chi connectivity index (χ1) is 7.79. The zero-order chi connectivity index (χ0) is 11.4. The lowest BCUT2D eigenvalue weighted by molar-refractivity contribution is 0.134. The molecule has 4 heteroatoms. The summed E-state index contributed by atoms with van der Waals surface area (Å²) < 4.78 is 5.32. The van der Waals surface area contributed by atoms with Crippen molar-refractivity contribution in [2.24, 2.45) is 0 Å². The summed E-state index contributed by atoms with van der Waals surface area (Å²) in [4.78, 5) is 4.50. The molecule has 0 aliphatic rings. The normalized spacial score (nSPS) is 10.6. The van der Waals surface area contributed by atoms with Crippen LogP contribution in [0.1, 0.15) is 11.9 Å². The monoisotopic (exact) mass is 234 g/mol. The van der Waals surface area contributed by atoms with E-state index in [4.69, 9.17) is 10.5 Å². The van der Waals surface area contributed by atoms with Crippen molar-refractivity contribution in [3.8, 4) is 11.3 Å². The molecule has 0 saturated heterocycles. The summed E-state index contributed by atoms with van der Waals surface area (Å²) in [5.74, 6) is 0. The average molecular weight is 234 g/mol. The van der Waals surface area contributed by atoms with Gasteiger partial charge in [-0.3, -0.25) is 0 Å². The Morgan fingerprint density at radius 1 is 1.31 bits per heavy atom. The summed E-state index contributed by atoms with van der Waals surface area (Å²) in [6, 6.07) is 7.73. The Hall–Kier alpha value is -1.39. The van der Waals surface area contributed by atoms with Crippen molar-refractivity contribution in [3.05, 3.63) is 34.7 Å². The van der Waals surface area contributed by atoms with E-state index in [-0.39, 0.29) is 0 Å². The Balaban J connectivity index is 2.15. The van der Waals surface area contributed by atoms with Crippen LogP contribution in [0.5, 0.6) is 0 Å². The van der Waals surface area contributed by atoms with Crippen molar-refractivity contribution in [2.75, 3.05) is 12.3 Å². The van der Waals surface area contributed by atoms with Gasteiger partial charge >= 0.3 is 0 Å². The van der Waals surface area contributed by atoms with Gasteiger partial charge in [0.25, 0.3) is 0 Å². The van der Waals surface area contributed by atoms with Crippen LogP contribution in [0.4, 0.5) is 5.69 Å². The maximum Gasteiger partial charge on any atom is 0.119 e. The number of hydrogen-bond donors (Lipinski definition) is 1. The lowest BCUT2D eigenvalue weighted by Crippen LogP contribution is -1.90. The average Bonchev–Trinajstić information content (AvgIpc) is 2.76. The molecule has 2 N–H and O–H groups in total. The van der Waals surface area contributed by atoms with Crippen molar-refractivity contribution in [3.63, 3.8) is 0 Å². The Kier molecular flexibility index (Phi) is 3.54. The fraction of sp³-hybridized carbons (Fsp3) is 0.250. The van der Waals surface area contributed by atoms with Gasteiger partial charge in [-0.25, -0.2) is 4.98 Å². The van der Waals surface area contributed by atoms with Crippen LogP contribution < -0.4 is 5.73 Å². The fourth-order valence-electron chi connectivity index (χ4n) is 1.35. The molecule has 0 amide bonds. The van der Waals surface area contributed by atoms with Gasteiger partial charge in [0, 0.05) is 23.2 Å². The molecule has 84 valence electrons. The molecule has 0 aliphatic carbocycles. The molecular formula is C12H14N2OS. The molecule has 0 bridgehead atoms. The van der Waals surface area contributed by atoms with Crippen molar-refractivity contribution in [1.82, 2.24) is 4.98 Å². The van der Waals surface area contributed by atoms with Crippen molar-refractivity contribution in [1.29, 1.82) is 0 Å². The zero-order valence-electron chi connectivity index (χ0n) is 9.14. The molecule has 0 fully saturated rings. The van der Waals surface area contributed by atoms with E-state index in [1.54, 1.807) is 11.3 Å². The van der Waals surface area contributed by atoms with Crippen LogP contribution in [0.3, 0.4) is 0 Å². The standard InChI is InChI=1S/C12H14N2OS/c1-2-15-7-12-14-11(8-16-12)9-3-5-10(13)6-4-9/h3-6,8H,2,7,13H2,1H3. The smallest absolute Gasteiger partial charge is 0.119 e. The summed E-state index contributed by atoms with van der Waals surface area (Å²) in [6.07, 6.45) is 0. The molecule has 16 heavy (non-hydrogen) atoms. The number of thiazole rings is 1. The van der Waals surface area contributed by atoms with Crippen molar-refractivity contribution in [2.45, 2.75) is 13.5 Å². The first-order valence-electron chi connectivity index (χ1n) is 5.17. The van der Waals surface area contributed by atoms with Crippen LogP contribution in [-0.4, -0.2) is 11.6 Å². The van der Waals surface area contributed by atoms with E-state index in [1.165, 1.54) is 0 Å². The van der Waals surface area contributed by atoms with Crippen LogP contribution >= 0.6 is 11.3 Å². The van der Waals surface area contributed by atoms with E-state index >= 15 is 0 Å². The first kappa shape index (κ1) is 11.1. The molecule has 0 aliphatic heterocycles. The van der Waals surface area contributed by atoms with Crippen molar-refractivity contribution >= 4 is 17.0 Å². The third-order valence-electron chi connectivity index (χ3n) is 2.19. The largest absolute Gasteiger partial charge is 0.399 e. The molecule has 1 aromatic carbocycles. The van der Waals surface area contributed by atoms with Gasteiger partial charge < -0.3 is 10.5 Å². The number of aromatic nitrogens is 1. The molecular weight excluding hydrogens is 220 g/mol. The minimum atomic E-state index is 0.593. The number of anilines is 1. The highest BCUT2D eigenvalue weighted by Gasteiger charge is 2.04. The van der Waals surface area contributed by atoms with E-state index < -0.39 is 0 Å².